The van der Waals surface area contributed by atoms with Crippen molar-refractivity contribution in [1.29, 1.82) is 0 Å². The van der Waals surface area contributed by atoms with E-state index in [1.807, 2.05) is 13.0 Å². The molecule has 1 aliphatic rings. The molecule has 1 heterocycles. The predicted octanol–water partition coefficient (Wildman–Crippen LogP) is 5.76. The fourth-order valence-electron chi connectivity index (χ4n) is 4.43. The van der Waals surface area contributed by atoms with Crippen LogP contribution in [0.2, 0.25) is 0 Å². The zero-order valence-electron chi connectivity index (χ0n) is 19.5. The van der Waals surface area contributed by atoms with E-state index in [1.165, 1.54) is 30.2 Å². The van der Waals surface area contributed by atoms with Crippen LogP contribution in [0.5, 0.6) is 5.75 Å². The number of rotatable bonds is 7. The van der Waals surface area contributed by atoms with Crippen LogP contribution in [0.3, 0.4) is 0 Å². The summed E-state index contributed by atoms with van der Waals surface area (Å²) < 4.78 is 28.9. The number of carbonyl (C=O) groups is 1. The van der Waals surface area contributed by atoms with E-state index < -0.39 is 10.0 Å². The highest BCUT2D eigenvalue weighted by Crippen LogP contribution is 2.36. The quantitative estimate of drug-likeness (QED) is 0.383. The van der Waals surface area contributed by atoms with Gasteiger partial charge in [0.25, 0.3) is 10.0 Å². The number of benzene rings is 2. The summed E-state index contributed by atoms with van der Waals surface area (Å²) in [5.74, 6) is 0.421. The molecule has 1 amide bonds. The number of aryl methyl sites for hydroxylation is 3. The summed E-state index contributed by atoms with van der Waals surface area (Å²) in [7, 11) is -3.89. The molecule has 0 aliphatic heterocycles. The maximum absolute atomic E-state index is 13.2. The highest BCUT2D eigenvalue weighted by Gasteiger charge is 2.22. The second-order valence-electron chi connectivity index (χ2n) is 8.98. The van der Waals surface area contributed by atoms with Crippen molar-refractivity contribution < 1.29 is 18.3 Å². The lowest BCUT2D eigenvalue weighted by Gasteiger charge is -2.13. The van der Waals surface area contributed by atoms with Crippen LogP contribution in [-0.2, 0) is 14.8 Å². The molecule has 1 saturated carbocycles. The Balaban J connectivity index is 1.57. The van der Waals surface area contributed by atoms with Gasteiger partial charge in [-0.15, -0.1) is 0 Å². The normalized spacial score (nSPS) is 14.3. The zero-order valence-corrected chi connectivity index (χ0v) is 21.1. The number of thiazole rings is 1. The molecule has 3 N–H and O–H groups in total. The van der Waals surface area contributed by atoms with Gasteiger partial charge in [-0.05, 0) is 74.4 Å². The first kappa shape index (κ1) is 24.2. The minimum atomic E-state index is -3.89. The lowest BCUT2D eigenvalue weighted by atomic mass is 10.0. The number of phenols is 1. The van der Waals surface area contributed by atoms with Crippen LogP contribution in [0.25, 0.3) is 10.4 Å². The van der Waals surface area contributed by atoms with Gasteiger partial charge in [0.2, 0.25) is 5.91 Å². The van der Waals surface area contributed by atoms with Gasteiger partial charge in [0.05, 0.1) is 21.2 Å². The second kappa shape index (κ2) is 9.76. The zero-order chi connectivity index (χ0) is 24.5. The van der Waals surface area contributed by atoms with Crippen molar-refractivity contribution in [1.82, 2.24) is 4.98 Å². The van der Waals surface area contributed by atoms with Crippen LogP contribution >= 0.6 is 11.3 Å². The maximum atomic E-state index is 13.2. The van der Waals surface area contributed by atoms with Gasteiger partial charge in [0, 0.05) is 12.5 Å². The van der Waals surface area contributed by atoms with E-state index in [0.29, 0.717) is 34.3 Å². The third-order valence-corrected chi connectivity index (χ3v) is 8.69. The maximum Gasteiger partial charge on any atom is 0.262 e. The number of amides is 1. The Morgan fingerprint density at radius 2 is 1.85 bits per heavy atom. The number of nitrogens with one attached hydrogen (secondary N) is 2. The number of anilines is 2. The van der Waals surface area contributed by atoms with Gasteiger partial charge < -0.3 is 10.4 Å². The first-order valence-corrected chi connectivity index (χ1v) is 13.6. The molecule has 0 unspecified atom stereocenters. The van der Waals surface area contributed by atoms with E-state index in [-0.39, 0.29) is 16.6 Å². The van der Waals surface area contributed by atoms with Gasteiger partial charge in [-0.2, -0.15) is 0 Å². The first-order chi connectivity index (χ1) is 16.1. The van der Waals surface area contributed by atoms with Gasteiger partial charge >= 0.3 is 0 Å². The van der Waals surface area contributed by atoms with Crippen LogP contribution in [0.15, 0.2) is 41.3 Å². The minimum absolute atomic E-state index is 0.00837. The molecular formula is C25H29N3O4S2. The Hall–Kier alpha value is -2.91. The SMILES string of the molecule is Cc1cc(O)cc(NS(=O)(=O)c2cc(-c3sc(NC(=O)CC4CCCC4)nc3C)ccc2C)c1. The van der Waals surface area contributed by atoms with E-state index in [0.717, 1.165) is 29.0 Å². The summed E-state index contributed by atoms with van der Waals surface area (Å²) in [4.78, 5) is 17.9. The standard InChI is InChI=1S/C25H29N3O4S2/c1-15-10-20(14-21(29)11-15)28-34(31,32)22-13-19(9-8-16(22)2)24-17(3)26-25(33-24)27-23(30)12-18-6-4-5-7-18/h8-11,13-14,18,28-29H,4-7,12H2,1-3H3,(H,26,27,30). The molecular weight excluding hydrogens is 470 g/mol. The lowest BCUT2D eigenvalue weighted by Crippen LogP contribution is -2.14. The van der Waals surface area contributed by atoms with Crippen LogP contribution in [-0.4, -0.2) is 24.4 Å². The number of hydrogen-bond acceptors (Lipinski definition) is 6. The number of aromatic nitrogens is 1. The van der Waals surface area contributed by atoms with E-state index in [1.54, 1.807) is 38.1 Å². The number of sulfonamides is 1. The topological polar surface area (TPSA) is 108 Å². The van der Waals surface area contributed by atoms with Crippen LogP contribution < -0.4 is 10.0 Å². The molecule has 34 heavy (non-hydrogen) atoms. The summed E-state index contributed by atoms with van der Waals surface area (Å²) in [6.45, 7) is 5.36. The summed E-state index contributed by atoms with van der Waals surface area (Å²) in [6, 6.07) is 9.83. The second-order valence-corrected chi connectivity index (χ2v) is 11.6. The fraction of sp³-hybridized carbons (Fsp3) is 0.360. The van der Waals surface area contributed by atoms with Gasteiger partial charge in [-0.3, -0.25) is 9.52 Å². The monoisotopic (exact) mass is 499 g/mol. The molecule has 180 valence electrons. The summed E-state index contributed by atoms with van der Waals surface area (Å²) in [6.07, 6.45) is 5.11. The summed E-state index contributed by atoms with van der Waals surface area (Å²) in [5, 5.41) is 13.2. The summed E-state index contributed by atoms with van der Waals surface area (Å²) in [5.41, 5.74) is 3.07. The molecule has 0 bridgehead atoms. The molecule has 0 radical (unpaired) electrons. The Labute approximate surface area is 204 Å². The lowest BCUT2D eigenvalue weighted by molar-refractivity contribution is -0.117. The fourth-order valence-corrected chi connectivity index (χ4v) is 6.72. The Morgan fingerprint density at radius 1 is 1.12 bits per heavy atom. The first-order valence-electron chi connectivity index (χ1n) is 11.3. The largest absolute Gasteiger partial charge is 0.508 e. The van der Waals surface area contributed by atoms with Gasteiger partial charge in [0.1, 0.15) is 5.75 Å². The van der Waals surface area contributed by atoms with Crippen molar-refractivity contribution in [3.05, 3.63) is 53.2 Å². The minimum Gasteiger partial charge on any atom is -0.508 e. The highest BCUT2D eigenvalue weighted by molar-refractivity contribution is 7.92. The van der Waals surface area contributed by atoms with Crippen molar-refractivity contribution in [2.75, 3.05) is 10.0 Å². The average molecular weight is 500 g/mol. The number of hydrogen-bond donors (Lipinski definition) is 3. The van der Waals surface area contributed by atoms with Crippen molar-refractivity contribution in [3.63, 3.8) is 0 Å². The molecule has 9 heteroatoms. The molecule has 1 fully saturated rings. The Morgan fingerprint density at radius 3 is 2.56 bits per heavy atom. The highest BCUT2D eigenvalue weighted by atomic mass is 32.2. The molecule has 3 aromatic rings. The van der Waals surface area contributed by atoms with Gasteiger partial charge in [0.15, 0.2) is 5.13 Å². The molecule has 2 aromatic carbocycles. The molecule has 0 atom stereocenters. The predicted molar refractivity (Wildman–Crippen MR) is 136 cm³/mol. The average Bonchev–Trinajstić information content (AvgIpc) is 3.36. The van der Waals surface area contributed by atoms with Crippen molar-refractivity contribution in [3.8, 4) is 16.2 Å². The van der Waals surface area contributed by atoms with Gasteiger partial charge in [-0.25, -0.2) is 13.4 Å². The molecule has 0 spiro atoms. The molecule has 0 saturated heterocycles. The number of aromatic hydroxyl groups is 1. The van der Waals surface area contributed by atoms with E-state index in [9.17, 15) is 18.3 Å². The number of phenolic OH excluding ortho intramolecular Hbond substituents is 1. The van der Waals surface area contributed by atoms with E-state index >= 15 is 0 Å². The van der Waals surface area contributed by atoms with Crippen LogP contribution in [0.1, 0.15) is 48.9 Å². The summed E-state index contributed by atoms with van der Waals surface area (Å²) >= 11 is 1.34. The third-order valence-electron chi connectivity index (χ3n) is 6.05. The number of nitrogens with zero attached hydrogens (tertiary/aromatic N) is 1. The molecule has 4 rings (SSSR count). The number of carbonyl (C=O) groups excluding carboxylic acids is 1. The molecule has 7 nitrogen and oxygen atoms in total. The van der Waals surface area contributed by atoms with Crippen molar-refractivity contribution in [2.24, 2.45) is 5.92 Å². The van der Waals surface area contributed by atoms with Crippen molar-refractivity contribution in [2.45, 2.75) is 57.8 Å². The molecule has 1 aromatic heterocycles. The third kappa shape index (κ3) is 5.59. The van der Waals surface area contributed by atoms with Gasteiger partial charge in [-0.1, -0.05) is 36.3 Å². The van der Waals surface area contributed by atoms with Crippen LogP contribution in [0, 0.1) is 26.7 Å². The Bertz CT molecular complexity index is 1310. The Kier molecular flexibility index (Phi) is 6.95. The smallest absolute Gasteiger partial charge is 0.262 e. The van der Waals surface area contributed by atoms with Crippen LogP contribution in [0.4, 0.5) is 10.8 Å². The van der Waals surface area contributed by atoms with E-state index in [4.69, 9.17) is 0 Å². The van der Waals surface area contributed by atoms with E-state index in [2.05, 4.69) is 15.0 Å². The molecule has 1 aliphatic carbocycles. The van der Waals surface area contributed by atoms with Crippen molar-refractivity contribution >= 4 is 38.1 Å².